The number of rotatable bonds is 4. The van der Waals surface area contributed by atoms with Gasteiger partial charge in [0.2, 0.25) is 5.91 Å². The first kappa shape index (κ1) is 14.2. The number of pyridine rings is 1. The number of likely N-dealkylation sites (tertiary alicyclic amines) is 1. The van der Waals surface area contributed by atoms with Crippen LogP contribution in [0.1, 0.15) is 31.4 Å². The Kier molecular flexibility index (Phi) is 3.84. The van der Waals surface area contributed by atoms with Crippen molar-refractivity contribution in [3.63, 3.8) is 0 Å². The second-order valence-electron chi connectivity index (χ2n) is 6.79. The molecule has 1 N–H and O–H groups in total. The number of ether oxygens (including phenoxy) is 1. The Bertz CT molecular complexity index is 532. The smallest absolute Gasteiger partial charge is 0.226 e. The molecule has 5 nitrogen and oxygen atoms in total. The van der Waals surface area contributed by atoms with Gasteiger partial charge in [0, 0.05) is 31.9 Å². The van der Waals surface area contributed by atoms with Gasteiger partial charge in [-0.25, -0.2) is 0 Å². The molecule has 1 saturated carbocycles. The van der Waals surface area contributed by atoms with Crippen LogP contribution >= 0.6 is 0 Å². The molecule has 3 atom stereocenters. The molecule has 1 aromatic heterocycles. The topological polar surface area (TPSA) is 54.5 Å². The third kappa shape index (κ3) is 2.88. The van der Waals surface area contributed by atoms with Crippen LogP contribution in [0.15, 0.2) is 24.4 Å². The van der Waals surface area contributed by atoms with Crippen LogP contribution in [-0.4, -0.2) is 47.1 Å². The van der Waals surface area contributed by atoms with Crippen LogP contribution in [0.3, 0.4) is 0 Å². The zero-order valence-corrected chi connectivity index (χ0v) is 12.8. The van der Waals surface area contributed by atoms with Crippen molar-refractivity contribution >= 4 is 5.91 Å². The van der Waals surface area contributed by atoms with E-state index in [9.17, 15) is 4.79 Å². The zero-order valence-electron chi connectivity index (χ0n) is 12.8. The van der Waals surface area contributed by atoms with Gasteiger partial charge in [0.15, 0.2) is 0 Å². The molecule has 2 aliphatic heterocycles. The fraction of sp³-hybridized carbons (Fsp3) is 0.647. The molecule has 3 aliphatic rings. The Labute approximate surface area is 131 Å². The third-order valence-corrected chi connectivity index (χ3v) is 5.13. The molecular weight excluding hydrogens is 278 g/mol. The van der Waals surface area contributed by atoms with Gasteiger partial charge in [0.05, 0.1) is 23.8 Å². The lowest BCUT2D eigenvalue weighted by atomic mass is 9.91. The molecule has 0 unspecified atom stereocenters. The molecule has 1 aliphatic carbocycles. The number of hydrogen-bond acceptors (Lipinski definition) is 4. The molecule has 0 radical (unpaired) electrons. The van der Waals surface area contributed by atoms with Gasteiger partial charge in [-0.2, -0.15) is 0 Å². The number of amides is 1. The van der Waals surface area contributed by atoms with E-state index in [0.717, 1.165) is 44.6 Å². The van der Waals surface area contributed by atoms with Gasteiger partial charge in [0.25, 0.3) is 0 Å². The van der Waals surface area contributed by atoms with Crippen LogP contribution in [0, 0.1) is 5.92 Å². The highest BCUT2D eigenvalue weighted by Gasteiger charge is 2.45. The van der Waals surface area contributed by atoms with Crippen molar-refractivity contribution in [2.75, 3.05) is 13.1 Å². The number of aromatic nitrogens is 1. The predicted octanol–water partition coefficient (Wildman–Crippen LogP) is 1.34. The van der Waals surface area contributed by atoms with Gasteiger partial charge in [-0.3, -0.25) is 14.7 Å². The van der Waals surface area contributed by atoms with Gasteiger partial charge >= 0.3 is 0 Å². The Morgan fingerprint density at radius 3 is 3.00 bits per heavy atom. The minimum atomic E-state index is 0.0272. The number of carbonyl (C=O) groups excluding carboxylic acids is 1. The molecular formula is C17H23N3O2. The van der Waals surface area contributed by atoms with Crippen molar-refractivity contribution in [3.8, 4) is 0 Å². The van der Waals surface area contributed by atoms with Crippen LogP contribution < -0.4 is 5.32 Å². The normalized spacial score (nSPS) is 31.7. The van der Waals surface area contributed by atoms with Gasteiger partial charge in [-0.1, -0.05) is 6.07 Å². The fourth-order valence-electron chi connectivity index (χ4n) is 3.72. The second-order valence-corrected chi connectivity index (χ2v) is 6.79. The summed E-state index contributed by atoms with van der Waals surface area (Å²) in [5.41, 5.74) is 1.08. The molecule has 0 spiro atoms. The fourth-order valence-corrected chi connectivity index (χ4v) is 3.72. The maximum atomic E-state index is 12.4. The van der Waals surface area contributed by atoms with Crippen molar-refractivity contribution in [1.82, 2.24) is 15.2 Å². The average Bonchev–Trinajstić information content (AvgIpc) is 2.79. The number of carbonyl (C=O) groups is 1. The lowest BCUT2D eigenvalue weighted by Gasteiger charge is -2.33. The summed E-state index contributed by atoms with van der Waals surface area (Å²) >= 11 is 0. The highest BCUT2D eigenvalue weighted by Crippen LogP contribution is 2.33. The predicted molar refractivity (Wildman–Crippen MR) is 82.1 cm³/mol. The summed E-state index contributed by atoms with van der Waals surface area (Å²) in [5, 5.41) is 3.19. The quantitative estimate of drug-likeness (QED) is 0.912. The van der Waals surface area contributed by atoms with Crippen molar-refractivity contribution in [3.05, 3.63) is 30.1 Å². The molecule has 118 valence electrons. The highest BCUT2D eigenvalue weighted by atomic mass is 16.5. The average molecular weight is 301 g/mol. The first-order valence-corrected chi connectivity index (χ1v) is 8.36. The van der Waals surface area contributed by atoms with E-state index >= 15 is 0 Å². The Hall–Kier alpha value is -1.46. The molecule has 1 amide bonds. The van der Waals surface area contributed by atoms with E-state index in [1.807, 2.05) is 18.3 Å². The second kappa shape index (κ2) is 5.97. The number of fused-ring (bicyclic) bond motifs is 2. The van der Waals surface area contributed by atoms with Crippen LogP contribution in [0.5, 0.6) is 0 Å². The van der Waals surface area contributed by atoms with E-state index in [-0.39, 0.29) is 24.0 Å². The minimum Gasteiger partial charge on any atom is -0.371 e. The van der Waals surface area contributed by atoms with Crippen LogP contribution in [0.2, 0.25) is 0 Å². The van der Waals surface area contributed by atoms with Gasteiger partial charge in [0.1, 0.15) is 0 Å². The summed E-state index contributed by atoms with van der Waals surface area (Å²) in [6.07, 6.45) is 6.46. The maximum absolute atomic E-state index is 12.4. The van der Waals surface area contributed by atoms with Crippen LogP contribution in [0.25, 0.3) is 0 Å². The molecule has 5 heteroatoms. The van der Waals surface area contributed by atoms with Crippen molar-refractivity contribution in [2.45, 2.75) is 50.5 Å². The number of nitrogens with zero attached hydrogens (tertiary/aromatic N) is 2. The first-order chi connectivity index (χ1) is 10.8. The molecule has 0 aromatic carbocycles. The van der Waals surface area contributed by atoms with Crippen molar-refractivity contribution in [1.29, 1.82) is 0 Å². The minimum absolute atomic E-state index is 0.0272. The maximum Gasteiger partial charge on any atom is 0.226 e. The number of morpholine rings is 1. The summed E-state index contributed by atoms with van der Waals surface area (Å²) in [6, 6.07) is 6.43. The molecule has 3 heterocycles. The number of hydrogen-bond donors (Lipinski definition) is 1. The zero-order chi connectivity index (χ0) is 14.9. The van der Waals surface area contributed by atoms with Gasteiger partial charge < -0.3 is 10.1 Å². The van der Waals surface area contributed by atoms with E-state index in [2.05, 4.69) is 21.3 Å². The first-order valence-electron chi connectivity index (χ1n) is 8.36. The highest BCUT2D eigenvalue weighted by molar-refractivity contribution is 5.80. The SMILES string of the molecule is O=C(NC1CCC1)[C@@H]1C[C@H]2CN(Cc3ccccn3)C[C@@H]1O2. The summed E-state index contributed by atoms with van der Waals surface area (Å²) in [5.74, 6) is 0.233. The molecule has 3 fully saturated rings. The molecule has 22 heavy (non-hydrogen) atoms. The van der Waals surface area contributed by atoms with Crippen molar-refractivity contribution in [2.24, 2.45) is 5.92 Å². The largest absolute Gasteiger partial charge is 0.371 e. The summed E-state index contributed by atoms with van der Waals surface area (Å²) < 4.78 is 6.01. The third-order valence-electron chi connectivity index (χ3n) is 5.13. The van der Waals surface area contributed by atoms with E-state index in [1.165, 1.54) is 6.42 Å². The summed E-state index contributed by atoms with van der Waals surface area (Å²) in [7, 11) is 0. The van der Waals surface area contributed by atoms with Crippen molar-refractivity contribution < 1.29 is 9.53 Å². The van der Waals surface area contributed by atoms with E-state index in [1.54, 1.807) is 0 Å². The monoisotopic (exact) mass is 301 g/mol. The Morgan fingerprint density at radius 2 is 2.27 bits per heavy atom. The molecule has 2 saturated heterocycles. The van der Waals surface area contributed by atoms with Gasteiger partial charge in [-0.05, 0) is 37.8 Å². The number of nitrogens with one attached hydrogen (secondary N) is 1. The molecule has 4 rings (SSSR count). The van der Waals surface area contributed by atoms with Gasteiger partial charge in [-0.15, -0.1) is 0 Å². The van der Waals surface area contributed by atoms with E-state index in [4.69, 9.17) is 4.74 Å². The Morgan fingerprint density at radius 1 is 1.36 bits per heavy atom. The Balaban J connectivity index is 1.36. The summed E-state index contributed by atoms with van der Waals surface area (Å²) in [4.78, 5) is 19.2. The van der Waals surface area contributed by atoms with Crippen LogP contribution in [-0.2, 0) is 16.1 Å². The van der Waals surface area contributed by atoms with E-state index in [0.29, 0.717) is 6.04 Å². The molecule has 1 aromatic rings. The summed E-state index contributed by atoms with van der Waals surface area (Å²) in [6.45, 7) is 2.57. The lowest BCUT2D eigenvalue weighted by molar-refractivity contribution is -0.129. The molecule has 2 bridgehead atoms. The van der Waals surface area contributed by atoms with E-state index < -0.39 is 0 Å². The lowest BCUT2D eigenvalue weighted by Crippen LogP contribution is -2.47. The standard InChI is InChI=1S/C17H23N3O2/c21-17(19-12-5-3-6-12)15-8-14-10-20(11-16(15)22-14)9-13-4-1-2-7-18-13/h1-2,4,7,12,14-16H,3,5-6,8-11H2,(H,19,21)/t14-,15+,16-/m0/s1. The van der Waals surface area contributed by atoms with Crippen LogP contribution in [0.4, 0.5) is 0 Å².